The Morgan fingerprint density at radius 3 is 2.36 bits per heavy atom. The minimum atomic E-state index is -1.40. The summed E-state index contributed by atoms with van der Waals surface area (Å²) in [6, 6.07) is 26.2. The molecule has 0 fully saturated rings. The van der Waals surface area contributed by atoms with Gasteiger partial charge in [-0.05, 0) is 42.8 Å². The van der Waals surface area contributed by atoms with Gasteiger partial charge in [-0.25, -0.2) is 0 Å². The Labute approximate surface area is 149 Å². The van der Waals surface area contributed by atoms with Crippen LogP contribution in [-0.4, -0.2) is 0 Å². The number of nitrogens with zero attached hydrogens (tertiary/aromatic N) is 1. The maximum Gasteiger partial charge on any atom is 0.422 e. The van der Waals surface area contributed by atoms with Crippen molar-refractivity contribution in [2.24, 2.45) is 0 Å². The van der Waals surface area contributed by atoms with Crippen molar-refractivity contribution in [3.8, 4) is 5.75 Å². The standard InChI is InChI=1S/C21H18NO2P/c1-16-10-6-9-15-21(16)24-25-22(18-11-4-3-5-12-18)20-14-8-7-13-19(20)17(2)23-25/h3-15H,2H2,1H3. The van der Waals surface area contributed by atoms with Gasteiger partial charge in [0.2, 0.25) is 0 Å². The highest BCUT2D eigenvalue weighted by Gasteiger charge is 2.35. The second-order valence-corrected chi connectivity index (χ2v) is 7.01. The van der Waals surface area contributed by atoms with Gasteiger partial charge < -0.3 is 9.05 Å². The Morgan fingerprint density at radius 2 is 1.56 bits per heavy atom. The zero-order chi connectivity index (χ0) is 17.2. The van der Waals surface area contributed by atoms with Gasteiger partial charge in [0.25, 0.3) is 0 Å². The summed E-state index contributed by atoms with van der Waals surface area (Å²) in [5.74, 6) is 1.46. The lowest BCUT2D eigenvalue weighted by atomic mass is 10.1. The van der Waals surface area contributed by atoms with Crippen LogP contribution in [0.3, 0.4) is 0 Å². The van der Waals surface area contributed by atoms with E-state index >= 15 is 0 Å². The molecular formula is C21H18NO2P. The molecule has 1 unspecified atom stereocenters. The Hall–Kier alpha value is -2.77. The van der Waals surface area contributed by atoms with E-state index in [1.165, 1.54) is 0 Å². The number of aryl methyl sites for hydroxylation is 1. The van der Waals surface area contributed by atoms with Crippen molar-refractivity contribution >= 4 is 25.7 Å². The summed E-state index contributed by atoms with van der Waals surface area (Å²) in [5, 5.41) is 0. The summed E-state index contributed by atoms with van der Waals surface area (Å²) in [4.78, 5) is 0. The van der Waals surface area contributed by atoms with Gasteiger partial charge in [-0.15, -0.1) is 0 Å². The van der Waals surface area contributed by atoms with E-state index in [1.807, 2.05) is 67.6 Å². The SMILES string of the molecule is C=C1OP(Oc2ccccc2C)N(c2ccccc2)c2ccccc21. The van der Waals surface area contributed by atoms with E-state index in [0.29, 0.717) is 5.76 Å². The second kappa shape index (κ2) is 6.62. The van der Waals surface area contributed by atoms with Crippen molar-refractivity contribution in [3.63, 3.8) is 0 Å². The lowest BCUT2D eigenvalue weighted by molar-refractivity contribution is 0.459. The molecule has 0 saturated heterocycles. The number of anilines is 2. The molecule has 0 aromatic heterocycles. The summed E-state index contributed by atoms with van der Waals surface area (Å²) in [7, 11) is -1.40. The lowest BCUT2D eigenvalue weighted by Crippen LogP contribution is -2.20. The van der Waals surface area contributed by atoms with Crippen molar-refractivity contribution in [1.82, 2.24) is 0 Å². The molecule has 0 radical (unpaired) electrons. The van der Waals surface area contributed by atoms with Crippen LogP contribution < -0.4 is 9.19 Å². The first-order chi connectivity index (χ1) is 12.2. The summed E-state index contributed by atoms with van der Waals surface area (Å²) in [5.41, 5.74) is 4.14. The average molecular weight is 347 g/mol. The fraction of sp³-hybridized carbons (Fsp3) is 0.0476. The van der Waals surface area contributed by atoms with Gasteiger partial charge in [-0.1, -0.05) is 55.1 Å². The van der Waals surface area contributed by atoms with E-state index in [-0.39, 0.29) is 0 Å². The zero-order valence-electron chi connectivity index (χ0n) is 13.9. The fourth-order valence-electron chi connectivity index (χ4n) is 2.77. The molecule has 0 bridgehead atoms. The molecule has 3 aromatic rings. The third-order valence-electron chi connectivity index (χ3n) is 4.06. The molecule has 0 N–H and O–H groups in total. The van der Waals surface area contributed by atoms with E-state index in [0.717, 1.165) is 28.3 Å². The third kappa shape index (κ3) is 2.99. The van der Waals surface area contributed by atoms with Crippen LogP contribution in [0, 0.1) is 6.92 Å². The Bertz CT molecular complexity index is 911. The second-order valence-electron chi connectivity index (χ2n) is 5.77. The first kappa shape index (κ1) is 15.7. The van der Waals surface area contributed by atoms with Crippen LogP contribution in [0.25, 0.3) is 5.76 Å². The van der Waals surface area contributed by atoms with Crippen LogP contribution in [0.4, 0.5) is 11.4 Å². The molecule has 1 heterocycles. The van der Waals surface area contributed by atoms with Crippen LogP contribution in [0.2, 0.25) is 0 Å². The Kier molecular flexibility index (Phi) is 4.17. The van der Waals surface area contributed by atoms with Gasteiger partial charge in [-0.2, -0.15) is 0 Å². The molecule has 0 aliphatic carbocycles. The smallest absolute Gasteiger partial charge is 0.422 e. The largest absolute Gasteiger partial charge is 0.422 e. The first-order valence-corrected chi connectivity index (χ1v) is 9.22. The van der Waals surface area contributed by atoms with Crippen LogP contribution in [-0.2, 0) is 4.52 Å². The van der Waals surface area contributed by atoms with Crippen molar-refractivity contribution in [1.29, 1.82) is 0 Å². The molecule has 0 saturated carbocycles. The van der Waals surface area contributed by atoms with Gasteiger partial charge in [-0.3, -0.25) is 4.67 Å². The lowest BCUT2D eigenvalue weighted by Gasteiger charge is -2.36. The maximum absolute atomic E-state index is 6.29. The number of fused-ring (bicyclic) bond motifs is 1. The van der Waals surface area contributed by atoms with Gasteiger partial charge >= 0.3 is 8.53 Å². The van der Waals surface area contributed by atoms with Gasteiger partial charge in [0.15, 0.2) is 0 Å². The highest BCUT2D eigenvalue weighted by Crippen LogP contribution is 2.58. The van der Waals surface area contributed by atoms with Crippen LogP contribution >= 0.6 is 8.53 Å². The van der Waals surface area contributed by atoms with E-state index < -0.39 is 8.53 Å². The van der Waals surface area contributed by atoms with Gasteiger partial charge in [0.1, 0.15) is 11.5 Å². The van der Waals surface area contributed by atoms with Crippen molar-refractivity contribution < 1.29 is 9.05 Å². The Balaban J connectivity index is 1.80. The molecular weight excluding hydrogens is 329 g/mol. The molecule has 3 aromatic carbocycles. The molecule has 3 nitrogen and oxygen atoms in total. The quantitative estimate of drug-likeness (QED) is 0.509. The van der Waals surface area contributed by atoms with Crippen LogP contribution in [0.5, 0.6) is 5.75 Å². The van der Waals surface area contributed by atoms with E-state index in [2.05, 4.69) is 29.4 Å². The summed E-state index contributed by atoms with van der Waals surface area (Å²) in [6.45, 7) is 6.12. The van der Waals surface area contributed by atoms with Crippen molar-refractivity contribution in [2.45, 2.75) is 6.92 Å². The predicted molar refractivity (Wildman–Crippen MR) is 104 cm³/mol. The van der Waals surface area contributed by atoms with E-state index in [1.54, 1.807) is 0 Å². The monoisotopic (exact) mass is 347 g/mol. The number of hydrogen-bond acceptors (Lipinski definition) is 3. The minimum absolute atomic E-state index is 0.641. The minimum Gasteiger partial charge on any atom is -0.422 e. The molecule has 4 heteroatoms. The number of benzene rings is 3. The molecule has 124 valence electrons. The number of rotatable bonds is 3. The number of hydrogen-bond donors (Lipinski definition) is 0. The average Bonchev–Trinajstić information content (AvgIpc) is 2.65. The molecule has 1 aliphatic heterocycles. The maximum atomic E-state index is 6.29. The summed E-state index contributed by atoms with van der Waals surface area (Å²) >= 11 is 0. The molecule has 0 amide bonds. The number of para-hydroxylation sites is 3. The molecule has 1 atom stereocenters. The van der Waals surface area contributed by atoms with Crippen molar-refractivity contribution in [3.05, 3.63) is 96.6 Å². The molecule has 1 aliphatic rings. The normalized spacial score (nSPS) is 16.1. The zero-order valence-corrected chi connectivity index (χ0v) is 14.8. The van der Waals surface area contributed by atoms with Gasteiger partial charge in [0.05, 0.1) is 11.4 Å². The predicted octanol–water partition coefficient (Wildman–Crippen LogP) is 6.44. The van der Waals surface area contributed by atoms with Crippen LogP contribution in [0.15, 0.2) is 85.4 Å². The highest BCUT2D eigenvalue weighted by atomic mass is 31.2. The molecule has 0 spiro atoms. The third-order valence-corrected chi connectivity index (χ3v) is 5.56. The van der Waals surface area contributed by atoms with E-state index in [4.69, 9.17) is 9.05 Å². The molecule has 25 heavy (non-hydrogen) atoms. The van der Waals surface area contributed by atoms with Crippen molar-refractivity contribution in [2.75, 3.05) is 4.67 Å². The fourth-order valence-corrected chi connectivity index (χ4v) is 4.30. The first-order valence-electron chi connectivity index (χ1n) is 8.09. The summed E-state index contributed by atoms with van der Waals surface area (Å²) in [6.07, 6.45) is 0. The van der Waals surface area contributed by atoms with Crippen LogP contribution in [0.1, 0.15) is 11.1 Å². The highest BCUT2D eigenvalue weighted by molar-refractivity contribution is 7.50. The molecule has 4 rings (SSSR count). The summed E-state index contributed by atoms with van der Waals surface area (Å²) < 4.78 is 14.5. The topological polar surface area (TPSA) is 21.7 Å². The Morgan fingerprint density at radius 1 is 0.880 bits per heavy atom. The van der Waals surface area contributed by atoms with Gasteiger partial charge in [0, 0.05) is 5.56 Å². The van der Waals surface area contributed by atoms with E-state index in [9.17, 15) is 0 Å².